The molecule has 8 heteroatoms. The molecule has 0 bridgehead atoms. The zero-order valence-corrected chi connectivity index (χ0v) is 7.18. The molecule has 5 nitrogen and oxygen atoms in total. The number of aliphatic carboxylic acids is 1. The molecule has 2 amide bonds. The van der Waals surface area contributed by atoms with Crippen molar-refractivity contribution in [3.05, 3.63) is 0 Å². The van der Waals surface area contributed by atoms with Crippen molar-refractivity contribution >= 4 is 12.0 Å². The van der Waals surface area contributed by atoms with E-state index in [4.69, 9.17) is 5.11 Å². The molecule has 0 aromatic carbocycles. The van der Waals surface area contributed by atoms with Gasteiger partial charge in [-0.2, -0.15) is 13.2 Å². The third kappa shape index (κ3) is 6.09. The molecule has 0 saturated carbocycles. The van der Waals surface area contributed by atoms with E-state index < -0.39 is 30.8 Å². The Morgan fingerprint density at radius 3 is 2.29 bits per heavy atom. The maximum Gasteiger partial charge on any atom is 0.405 e. The molecule has 0 radical (unpaired) electrons. The monoisotopic (exact) mass is 214 g/mol. The number of carbonyl (C=O) groups excluding carboxylic acids is 1. The number of carboxylic acids is 1. The molecule has 1 atom stereocenters. The highest BCUT2D eigenvalue weighted by atomic mass is 19.4. The Labute approximate surface area is 77.3 Å². The maximum atomic E-state index is 11.6. The van der Waals surface area contributed by atoms with Crippen LogP contribution in [0, 0.1) is 0 Å². The third-order valence-corrected chi connectivity index (χ3v) is 1.17. The number of carbonyl (C=O) groups is 2. The number of hydrogen-bond donors (Lipinski definition) is 3. The second kappa shape index (κ2) is 4.68. The normalized spacial score (nSPS) is 13.1. The highest BCUT2D eigenvalue weighted by Crippen LogP contribution is 2.11. The van der Waals surface area contributed by atoms with E-state index in [9.17, 15) is 22.8 Å². The minimum Gasteiger partial charge on any atom is -0.480 e. The number of carboxylic acid groups (broad SMARTS) is 1. The largest absolute Gasteiger partial charge is 0.480 e. The van der Waals surface area contributed by atoms with Crippen LogP contribution in [0.25, 0.3) is 0 Å². The summed E-state index contributed by atoms with van der Waals surface area (Å²) in [5.41, 5.74) is 0. The Morgan fingerprint density at radius 1 is 1.43 bits per heavy atom. The molecule has 0 aromatic rings. The number of alkyl halides is 3. The van der Waals surface area contributed by atoms with Crippen LogP contribution >= 0.6 is 0 Å². The van der Waals surface area contributed by atoms with E-state index in [0.717, 1.165) is 6.92 Å². The Hall–Kier alpha value is -1.47. The smallest absolute Gasteiger partial charge is 0.405 e. The Kier molecular flexibility index (Phi) is 4.19. The molecular formula is C6H9F3N2O3. The molecule has 0 unspecified atom stereocenters. The number of halogens is 3. The molecule has 3 N–H and O–H groups in total. The lowest BCUT2D eigenvalue weighted by Crippen LogP contribution is -2.46. The Balaban J connectivity index is 3.83. The quantitative estimate of drug-likeness (QED) is 0.633. The van der Waals surface area contributed by atoms with Crippen molar-refractivity contribution in [2.45, 2.75) is 19.1 Å². The summed E-state index contributed by atoms with van der Waals surface area (Å²) < 4.78 is 34.7. The van der Waals surface area contributed by atoms with Crippen molar-refractivity contribution in [1.82, 2.24) is 10.6 Å². The zero-order chi connectivity index (χ0) is 11.4. The summed E-state index contributed by atoms with van der Waals surface area (Å²) in [6.07, 6.45) is -4.51. The lowest BCUT2D eigenvalue weighted by atomic mass is 10.3. The van der Waals surface area contributed by atoms with Gasteiger partial charge in [-0.15, -0.1) is 0 Å². The first-order valence-corrected chi connectivity index (χ1v) is 3.56. The molecule has 0 rings (SSSR count). The van der Waals surface area contributed by atoms with Gasteiger partial charge < -0.3 is 15.7 Å². The molecule has 82 valence electrons. The van der Waals surface area contributed by atoms with E-state index in [1.807, 2.05) is 0 Å². The van der Waals surface area contributed by atoms with E-state index in [0.29, 0.717) is 0 Å². The molecule has 0 saturated heterocycles. The van der Waals surface area contributed by atoms with Crippen LogP contribution in [-0.2, 0) is 4.79 Å². The SMILES string of the molecule is C[C@H](NC(=O)NCC(F)(F)F)C(=O)O. The molecule has 0 fully saturated rings. The molecule has 0 spiro atoms. The summed E-state index contributed by atoms with van der Waals surface area (Å²) >= 11 is 0. The average Bonchev–Trinajstić information content (AvgIpc) is 1.99. The van der Waals surface area contributed by atoms with Gasteiger partial charge in [0.2, 0.25) is 0 Å². The predicted octanol–water partition coefficient (Wildman–Crippen LogP) is 0.321. The van der Waals surface area contributed by atoms with Crippen LogP contribution < -0.4 is 10.6 Å². The Bertz CT molecular complexity index is 229. The lowest BCUT2D eigenvalue weighted by molar-refractivity contribution is -0.138. The average molecular weight is 214 g/mol. The van der Waals surface area contributed by atoms with Gasteiger partial charge in [0.05, 0.1) is 0 Å². The first-order valence-electron chi connectivity index (χ1n) is 3.56. The van der Waals surface area contributed by atoms with Gasteiger partial charge in [-0.3, -0.25) is 4.79 Å². The van der Waals surface area contributed by atoms with Crippen molar-refractivity contribution in [2.75, 3.05) is 6.54 Å². The van der Waals surface area contributed by atoms with Crippen LogP contribution in [0.4, 0.5) is 18.0 Å². The second-order valence-corrected chi connectivity index (χ2v) is 2.50. The molecule has 0 heterocycles. The minimum atomic E-state index is -4.51. The van der Waals surface area contributed by atoms with Gasteiger partial charge in [0.25, 0.3) is 0 Å². The van der Waals surface area contributed by atoms with Gasteiger partial charge in [0.15, 0.2) is 0 Å². The topological polar surface area (TPSA) is 78.4 Å². The van der Waals surface area contributed by atoms with E-state index in [1.165, 1.54) is 5.32 Å². The van der Waals surface area contributed by atoms with Crippen LogP contribution in [-0.4, -0.2) is 35.9 Å². The second-order valence-electron chi connectivity index (χ2n) is 2.50. The number of hydrogen-bond acceptors (Lipinski definition) is 2. The van der Waals surface area contributed by atoms with E-state index in [-0.39, 0.29) is 0 Å². The highest BCUT2D eigenvalue weighted by Gasteiger charge is 2.28. The molecule has 0 aromatic heterocycles. The van der Waals surface area contributed by atoms with Crippen molar-refractivity contribution in [3.63, 3.8) is 0 Å². The maximum absolute atomic E-state index is 11.6. The minimum absolute atomic E-state index is 1.13. The first kappa shape index (κ1) is 12.5. The fraction of sp³-hybridized carbons (Fsp3) is 0.667. The summed E-state index contributed by atoms with van der Waals surface area (Å²) in [5.74, 6) is -1.33. The first-order chi connectivity index (χ1) is 6.22. The van der Waals surface area contributed by atoms with Crippen LogP contribution in [0.2, 0.25) is 0 Å². The van der Waals surface area contributed by atoms with Crippen molar-refractivity contribution in [3.8, 4) is 0 Å². The van der Waals surface area contributed by atoms with Gasteiger partial charge in [0.1, 0.15) is 12.6 Å². The summed E-state index contributed by atoms with van der Waals surface area (Å²) in [6, 6.07) is -2.40. The Morgan fingerprint density at radius 2 is 1.93 bits per heavy atom. The number of rotatable bonds is 3. The lowest BCUT2D eigenvalue weighted by Gasteiger charge is -2.11. The van der Waals surface area contributed by atoms with Gasteiger partial charge in [-0.25, -0.2) is 4.79 Å². The number of nitrogens with one attached hydrogen (secondary N) is 2. The number of amides is 2. The van der Waals surface area contributed by atoms with Crippen molar-refractivity contribution in [2.24, 2.45) is 0 Å². The van der Waals surface area contributed by atoms with Gasteiger partial charge >= 0.3 is 18.2 Å². The highest BCUT2D eigenvalue weighted by molar-refractivity contribution is 5.82. The fourth-order valence-corrected chi connectivity index (χ4v) is 0.490. The van der Waals surface area contributed by atoms with Gasteiger partial charge in [-0.1, -0.05) is 0 Å². The van der Waals surface area contributed by atoms with Crippen LogP contribution in [0.15, 0.2) is 0 Å². The standard InChI is InChI=1S/C6H9F3N2O3/c1-3(4(12)13)11-5(14)10-2-6(7,8)9/h3H,2H2,1H3,(H,12,13)(H2,10,11,14)/t3-/m0/s1. The molecular weight excluding hydrogens is 205 g/mol. The molecule has 0 aliphatic heterocycles. The summed E-state index contributed by atoms with van der Waals surface area (Å²) in [6.45, 7) is -0.360. The van der Waals surface area contributed by atoms with Gasteiger partial charge in [0, 0.05) is 0 Å². The van der Waals surface area contributed by atoms with E-state index in [2.05, 4.69) is 0 Å². The molecule has 14 heavy (non-hydrogen) atoms. The number of urea groups is 1. The predicted molar refractivity (Wildman–Crippen MR) is 39.7 cm³/mol. The van der Waals surface area contributed by atoms with Crippen LogP contribution in [0.3, 0.4) is 0 Å². The van der Waals surface area contributed by atoms with E-state index in [1.54, 1.807) is 5.32 Å². The summed E-state index contributed by atoms with van der Waals surface area (Å²) in [4.78, 5) is 20.8. The van der Waals surface area contributed by atoms with Crippen LogP contribution in [0.5, 0.6) is 0 Å². The molecule has 0 aliphatic carbocycles. The van der Waals surface area contributed by atoms with Crippen molar-refractivity contribution in [1.29, 1.82) is 0 Å². The molecule has 0 aliphatic rings. The summed E-state index contributed by atoms with van der Waals surface area (Å²) in [5, 5.41) is 11.6. The summed E-state index contributed by atoms with van der Waals surface area (Å²) in [7, 11) is 0. The third-order valence-electron chi connectivity index (χ3n) is 1.17. The van der Waals surface area contributed by atoms with Crippen LogP contribution in [0.1, 0.15) is 6.92 Å². The zero-order valence-electron chi connectivity index (χ0n) is 7.18. The fourth-order valence-electron chi connectivity index (χ4n) is 0.490. The van der Waals surface area contributed by atoms with E-state index >= 15 is 0 Å². The van der Waals surface area contributed by atoms with Crippen molar-refractivity contribution < 1.29 is 27.9 Å². The van der Waals surface area contributed by atoms with Gasteiger partial charge in [-0.05, 0) is 6.92 Å².